The number of nitrogens with one attached hydrogen (secondary N) is 2. The quantitative estimate of drug-likeness (QED) is 0.533. The lowest BCUT2D eigenvalue weighted by Crippen LogP contribution is -2.52. The zero-order valence-electron chi connectivity index (χ0n) is 15.0. The Labute approximate surface area is 159 Å². The fraction of sp³-hybridized carbons (Fsp3) is 0.611. The monoisotopic (exact) mass is 385 g/mol. The molecule has 1 saturated heterocycles. The number of thioether (sulfide) groups is 1. The Bertz CT molecular complexity index is 522. The number of carbonyl (C=O) groups excluding carboxylic acids is 1. The molecule has 1 heterocycles. The van der Waals surface area contributed by atoms with Crippen molar-refractivity contribution in [1.82, 2.24) is 15.5 Å². The van der Waals surface area contributed by atoms with Gasteiger partial charge in [-0.1, -0.05) is 25.4 Å². The zero-order chi connectivity index (χ0) is 18.1. The Morgan fingerprint density at radius 1 is 1.24 bits per heavy atom. The van der Waals surface area contributed by atoms with Gasteiger partial charge in [0.2, 0.25) is 0 Å². The summed E-state index contributed by atoms with van der Waals surface area (Å²) in [6, 6.07) is 7.98. The van der Waals surface area contributed by atoms with Crippen LogP contribution in [0.15, 0.2) is 29.2 Å². The molecule has 1 unspecified atom stereocenters. The highest BCUT2D eigenvalue weighted by atomic mass is 35.5. The number of amides is 2. The summed E-state index contributed by atoms with van der Waals surface area (Å²) in [5.41, 5.74) is 0. The molecule has 5 nitrogen and oxygen atoms in total. The Hall–Kier alpha value is -0.950. The fourth-order valence-corrected chi connectivity index (χ4v) is 3.71. The van der Waals surface area contributed by atoms with Crippen LogP contribution in [0.4, 0.5) is 4.79 Å². The Morgan fingerprint density at radius 2 is 1.92 bits per heavy atom. The predicted molar refractivity (Wildman–Crippen MR) is 105 cm³/mol. The lowest BCUT2D eigenvalue weighted by atomic mass is 10.0. The molecule has 2 amide bonds. The molecule has 1 aromatic rings. The minimum atomic E-state index is -0.101. The first kappa shape index (κ1) is 20.4. The van der Waals surface area contributed by atoms with Gasteiger partial charge in [0.05, 0.1) is 13.2 Å². The van der Waals surface area contributed by atoms with Crippen LogP contribution >= 0.6 is 23.4 Å². The third kappa shape index (κ3) is 7.44. The minimum Gasteiger partial charge on any atom is -0.379 e. The smallest absolute Gasteiger partial charge is 0.314 e. The molecule has 140 valence electrons. The number of morpholine rings is 1. The van der Waals surface area contributed by atoms with E-state index in [9.17, 15) is 4.79 Å². The maximum Gasteiger partial charge on any atom is 0.314 e. The number of ether oxygens (including phenoxy) is 1. The SMILES string of the molecule is CC(C)C(CNC(=O)NCCSc1ccc(Cl)cc1)N1CCOCC1. The number of urea groups is 1. The van der Waals surface area contributed by atoms with Crippen molar-refractivity contribution in [2.24, 2.45) is 5.92 Å². The molecule has 1 aromatic carbocycles. The molecule has 0 bridgehead atoms. The van der Waals surface area contributed by atoms with Crippen molar-refractivity contribution in [3.05, 3.63) is 29.3 Å². The normalized spacial score (nSPS) is 16.6. The van der Waals surface area contributed by atoms with Crippen LogP contribution in [0.1, 0.15) is 13.8 Å². The van der Waals surface area contributed by atoms with Crippen LogP contribution in [-0.2, 0) is 4.74 Å². The molecule has 0 spiro atoms. The second-order valence-electron chi connectivity index (χ2n) is 6.40. The molecule has 1 atom stereocenters. The predicted octanol–water partition coefficient (Wildman–Crippen LogP) is 3.09. The van der Waals surface area contributed by atoms with Gasteiger partial charge in [0, 0.05) is 47.9 Å². The largest absolute Gasteiger partial charge is 0.379 e. The molecule has 25 heavy (non-hydrogen) atoms. The van der Waals surface area contributed by atoms with Gasteiger partial charge >= 0.3 is 6.03 Å². The molecule has 2 rings (SSSR count). The van der Waals surface area contributed by atoms with Gasteiger partial charge in [-0.05, 0) is 30.2 Å². The van der Waals surface area contributed by atoms with Crippen LogP contribution in [0.25, 0.3) is 0 Å². The topological polar surface area (TPSA) is 53.6 Å². The van der Waals surface area contributed by atoms with Crippen molar-refractivity contribution in [1.29, 1.82) is 0 Å². The van der Waals surface area contributed by atoms with Crippen LogP contribution in [-0.4, -0.2) is 62.1 Å². The summed E-state index contributed by atoms with van der Waals surface area (Å²) < 4.78 is 5.41. The molecular formula is C18H28ClN3O2S. The van der Waals surface area contributed by atoms with Gasteiger partial charge in [0.15, 0.2) is 0 Å². The number of benzene rings is 1. The number of carbonyl (C=O) groups is 1. The van der Waals surface area contributed by atoms with Gasteiger partial charge < -0.3 is 15.4 Å². The third-order valence-electron chi connectivity index (χ3n) is 4.23. The molecule has 0 aromatic heterocycles. The van der Waals surface area contributed by atoms with Crippen molar-refractivity contribution in [2.45, 2.75) is 24.8 Å². The van der Waals surface area contributed by atoms with Crippen molar-refractivity contribution in [3.63, 3.8) is 0 Å². The highest BCUT2D eigenvalue weighted by Gasteiger charge is 2.24. The third-order valence-corrected chi connectivity index (χ3v) is 5.49. The van der Waals surface area contributed by atoms with Crippen LogP contribution in [0, 0.1) is 5.92 Å². The summed E-state index contributed by atoms with van der Waals surface area (Å²) in [5.74, 6) is 1.31. The van der Waals surface area contributed by atoms with E-state index in [1.165, 1.54) is 0 Å². The lowest BCUT2D eigenvalue weighted by Gasteiger charge is -2.36. The summed E-state index contributed by atoms with van der Waals surface area (Å²) in [6.07, 6.45) is 0. The highest BCUT2D eigenvalue weighted by molar-refractivity contribution is 7.99. The summed E-state index contributed by atoms with van der Waals surface area (Å²) in [7, 11) is 0. The molecule has 0 radical (unpaired) electrons. The van der Waals surface area contributed by atoms with E-state index in [4.69, 9.17) is 16.3 Å². The molecule has 1 aliphatic rings. The van der Waals surface area contributed by atoms with Crippen LogP contribution in [0.5, 0.6) is 0 Å². The number of rotatable bonds is 8. The summed E-state index contributed by atoms with van der Waals surface area (Å²) in [4.78, 5) is 15.6. The van der Waals surface area contributed by atoms with Crippen LogP contribution < -0.4 is 10.6 Å². The second kappa shape index (κ2) is 10.9. The molecule has 1 fully saturated rings. The maximum atomic E-state index is 12.0. The fourth-order valence-electron chi connectivity index (χ4n) is 2.82. The number of hydrogen-bond donors (Lipinski definition) is 2. The van der Waals surface area contributed by atoms with Crippen LogP contribution in [0.3, 0.4) is 0 Å². The Kier molecular flexibility index (Phi) is 8.89. The van der Waals surface area contributed by atoms with E-state index in [0.29, 0.717) is 25.0 Å². The summed E-state index contributed by atoms with van der Waals surface area (Å²) in [6.45, 7) is 9.10. The van der Waals surface area contributed by atoms with E-state index < -0.39 is 0 Å². The maximum absolute atomic E-state index is 12.0. The van der Waals surface area contributed by atoms with Gasteiger partial charge in [-0.25, -0.2) is 4.79 Å². The minimum absolute atomic E-state index is 0.101. The lowest BCUT2D eigenvalue weighted by molar-refractivity contribution is 0.00720. The molecule has 7 heteroatoms. The number of nitrogens with zero attached hydrogens (tertiary/aromatic N) is 1. The standard InChI is InChI=1S/C18H28ClN3O2S/c1-14(2)17(22-8-10-24-11-9-22)13-21-18(23)20-7-12-25-16-5-3-15(19)4-6-16/h3-6,14,17H,7-13H2,1-2H3,(H2,20,21,23). The molecule has 0 saturated carbocycles. The van der Waals surface area contributed by atoms with E-state index in [1.807, 2.05) is 24.3 Å². The van der Waals surface area contributed by atoms with Crippen molar-refractivity contribution in [3.8, 4) is 0 Å². The average molecular weight is 386 g/mol. The Morgan fingerprint density at radius 3 is 2.56 bits per heavy atom. The Balaban J connectivity index is 1.64. The molecule has 1 aliphatic heterocycles. The number of halogens is 1. The van der Waals surface area contributed by atoms with E-state index >= 15 is 0 Å². The van der Waals surface area contributed by atoms with E-state index in [0.717, 1.165) is 42.0 Å². The highest BCUT2D eigenvalue weighted by Crippen LogP contribution is 2.19. The van der Waals surface area contributed by atoms with Crippen molar-refractivity contribution >= 4 is 29.4 Å². The van der Waals surface area contributed by atoms with Gasteiger partial charge in [0.1, 0.15) is 0 Å². The zero-order valence-corrected chi connectivity index (χ0v) is 16.5. The van der Waals surface area contributed by atoms with Crippen molar-refractivity contribution in [2.75, 3.05) is 45.1 Å². The average Bonchev–Trinajstić information content (AvgIpc) is 2.61. The molecule has 0 aliphatic carbocycles. The molecular weight excluding hydrogens is 358 g/mol. The first-order valence-corrected chi connectivity index (χ1v) is 10.1. The number of hydrogen-bond acceptors (Lipinski definition) is 4. The van der Waals surface area contributed by atoms with E-state index in [1.54, 1.807) is 11.8 Å². The van der Waals surface area contributed by atoms with E-state index in [-0.39, 0.29) is 6.03 Å². The first-order valence-electron chi connectivity index (χ1n) is 8.78. The van der Waals surface area contributed by atoms with Gasteiger partial charge in [0.25, 0.3) is 0 Å². The van der Waals surface area contributed by atoms with Crippen molar-refractivity contribution < 1.29 is 9.53 Å². The van der Waals surface area contributed by atoms with Gasteiger partial charge in [-0.15, -0.1) is 11.8 Å². The second-order valence-corrected chi connectivity index (χ2v) is 8.00. The van der Waals surface area contributed by atoms with Gasteiger partial charge in [-0.2, -0.15) is 0 Å². The first-order chi connectivity index (χ1) is 12.1. The summed E-state index contributed by atoms with van der Waals surface area (Å²) >= 11 is 7.57. The summed E-state index contributed by atoms with van der Waals surface area (Å²) in [5, 5.41) is 6.67. The van der Waals surface area contributed by atoms with E-state index in [2.05, 4.69) is 29.4 Å². The molecule has 2 N–H and O–H groups in total. The van der Waals surface area contributed by atoms with Gasteiger partial charge in [-0.3, -0.25) is 4.90 Å². The van der Waals surface area contributed by atoms with Crippen LogP contribution in [0.2, 0.25) is 5.02 Å².